The first-order chi connectivity index (χ1) is 10.6. The van der Waals surface area contributed by atoms with Crippen LogP contribution in [0.25, 0.3) is 10.8 Å². The Morgan fingerprint density at radius 1 is 1.41 bits per heavy atom. The number of nitrogens with zero attached hydrogens (tertiary/aromatic N) is 2. The molecule has 1 aromatic carbocycles. The molecule has 5 heteroatoms. The lowest BCUT2D eigenvalue weighted by molar-refractivity contribution is 0.0728. The second-order valence-electron chi connectivity index (χ2n) is 6.56. The molecule has 114 valence electrons. The second kappa shape index (κ2) is 4.74. The van der Waals surface area contributed by atoms with Crippen LogP contribution in [0.15, 0.2) is 30.6 Å². The van der Waals surface area contributed by atoms with E-state index in [9.17, 15) is 9.18 Å². The number of fused-ring (bicyclic) bond motifs is 1. The molecule has 2 aliphatic rings. The van der Waals surface area contributed by atoms with Crippen molar-refractivity contribution in [3.8, 4) is 0 Å². The van der Waals surface area contributed by atoms with Gasteiger partial charge in [-0.15, -0.1) is 0 Å². The van der Waals surface area contributed by atoms with Crippen molar-refractivity contribution in [2.75, 3.05) is 13.1 Å². The van der Waals surface area contributed by atoms with E-state index < -0.39 is 5.82 Å². The predicted molar refractivity (Wildman–Crippen MR) is 81.9 cm³/mol. The van der Waals surface area contributed by atoms with Crippen LogP contribution < -0.4 is 5.73 Å². The summed E-state index contributed by atoms with van der Waals surface area (Å²) in [5.41, 5.74) is 6.72. The van der Waals surface area contributed by atoms with Gasteiger partial charge in [-0.25, -0.2) is 4.39 Å². The maximum Gasteiger partial charge on any atom is 0.254 e. The van der Waals surface area contributed by atoms with Gasteiger partial charge in [-0.1, -0.05) is 6.42 Å². The Bertz CT molecular complexity index is 757. The molecule has 1 saturated carbocycles. The van der Waals surface area contributed by atoms with Gasteiger partial charge in [-0.3, -0.25) is 9.78 Å². The maximum absolute atomic E-state index is 13.8. The molecule has 1 atom stereocenters. The molecule has 0 radical (unpaired) electrons. The van der Waals surface area contributed by atoms with Gasteiger partial charge in [0.1, 0.15) is 5.82 Å². The molecule has 4 nitrogen and oxygen atoms in total. The second-order valence-corrected chi connectivity index (χ2v) is 6.56. The Hall–Kier alpha value is -2.01. The summed E-state index contributed by atoms with van der Waals surface area (Å²) < 4.78 is 13.8. The monoisotopic (exact) mass is 299 g/mol. The van der Waals surface area contributed by atoms with Gasteiger partial charge in [-0.2, -0.15) is 0 Å². The number of pyridine rings is 1. The minimum absolute atomic E-state index is 0.0307. The Labute approximate surface area is 128 Å². The van der Waals surface area contributed by atoms with E-state index in [1.165, 1.54) is 18.6 Å². The van der Waals surface area contributed by atoms with Crippen molar-refractivity contribution in [2.45, 2.75) is 25.3 Å². The van der Waals surface area contributed by atoms with Gasteiger partial charge in [0.15, 0.2) is 0 Å². The topological polar surface area (TPSA) is 59.2 Å². The van der Waals surface area contributed by atoms with Gasteiger partial charge in [0.05, 0.1) is 5.56 Å². The highest BCUT2D eigenvalue weighted by Crippen LogP contribution is 2.47. The Kier molecular flexibility index (Phi) is 2.94. The summed E-state index contributed by atoms with van der Waals surface area (Å²) in [5, 5.41) is 1.39. The van der Waals surface area contributed by atoms with Gasteiger partial charge in [-0.05, 0) is 36.4 Å². The van der Waals surface area contributed by atoms with E-state index >= 15 is 0 Å². The highest BCUT2D eigenvalue weighted by molar-refractivity contribution is 6.06. The fourth-order valence-electron chi connectivity index (χ4n) is 3.82. The molecule has 2 N–H and O–H groups in total. The largest absolute Gasteiger partial charge is 0.336 e. The fourth-order valence-corrected chi connectivity index (χ4v) is 3.82. The highest BCUT2D eigenvalue weighted by Gasteiger charge is 2.50. The number of carbonyl (C=O) groups is 1. The van der Waals surface area contributed by atoms with Crippen LogP contribution in [-0.2, 0) is 0 Å². The van der Waals surface area contributed by atoms with Crippen LogP contribution in [0.5, 0.6) is 0 Å². The van der Waals surface area contributed by atoms with E-state index in [2.05, 4.69) is 4.98 Å². The summed E-state index contributed by atoms with van der Waals surface area (Å²) in [6.07, 6.45) is 6.58. The molecule has 22 heavy (non-hydrogen) atoms. The molecule has 1 aliphatic heterocycles. The third-order valence-electron chi connectivity index (χ3n) is 5.30. The van der Waals surface area contributed by atoms with Crippen molar-refractivity contribution in [3.63, 3.8) is 0 Å². The molecule has 1 saturated heterocycles. The average molecular weight is 299 g/mol. The Morgan fingerprint density at radius 3 is 2.91 bits per heavy atom. The van der Waals surface area contributed by atoms with Crippen molar-refractivity contribution in [3.05, 3.63) is 42.0 Å². The molecule has 2 aromatic rings. The molecule has 0 bridgehead atoms. The first-order valence-corrected chi connectivity index (χ1v) is 7.67. The Balaban J connectivity index is 1.72. The van der Waals surface area contributed by atoms with Crippen molar-refractivity contribution >= 4 is 16.7 Å². The maximum atomic E-state index is 13.8. The number of aromatic nitrogens is 1. The molecule has 1 spiro atoms. The van der Waals surface area contributed by atoms with Crippen LogP contribution in [0, 0.1) is 11.2 Å². The standard InChI is InChI=1S/C17H18FN3O/c18-12-6-11-2-5-20-8-14(11)13(7-12)16(22)21-9-15(19)17(10-21)3-1-4-17/h2,5-8,15H,1,3-4,9-10,19H2. The quantitative estimate of drug-likeness (QED) is 0.879. The van der Waals surface area contributed by atoms with Gasteiger partial charge in [0.2, 0.25) is 0 Å². The number of hydrogen-bond acceptors (Lipinski definition) is 3. The van der Waals surface area contributed by atoms with Crippen molar-refractivity contribution in [1.82, 2.24) is 9.88 Å². The highest BCUT2D eigenvalue weighted by atomic mass is 19.1. The average Bonchev–Trinajstić information content (AvgIpc) is 2.83. The zero-order valence-corrected chi connectivity index (χ0v) is 12.3. The zero-order chi connectivity index (χ0) is 15.3. The minimum Gasteiger partial charge on any atom is -0.336 e. The number of likely N-dealkylation sites (tertiary alicyclic amines) is 1. The van der Waals surface area contributed by atoms with Crippen molar-refractivity contribution in [1.29, 1.82) is 0 Å². The van der Waals surface area contributed by atoms with Crippen molar-refractivity contribution in [2.24, 2.45) is 11.1 Å². The van der Waals surface area contributed by atoms with Crippen LogP contribution >= 0.6 is 0 Å². The molecule has 2 fully saturated rings. The van der Waals surface area contributed by atoms with E-state index in [4.69, 9.17) is 5.73 Å². The fraction of sp³-hybridized carbons (Fsp3) is 0.412. The molecule has 2 heterocycles. The zero-order valence-electron chi connectivity index (χ0n) is 12.3. The van der Waals surface area contributed by atoms with Gasteiger partial charge in [0, 0.05) is 42.3 Å². The predicted octanol–water partition coefficient (Wildman–Crippen LogP) is 2.33. The third kappa shape index (κ3) is 1.92. The summed E-state index contributed by atoms with van der Waals surface area (Å²) >= 11 is 0. The van der Waals surface area contributed by atoms with Crippen molar-refractivity contribution < 1.29 is 9.18 Å². The van der Waals surface area contributed by atoms with Gasteiger partial charge >= 0.3 is 0 Å². The molecule has 1 aromatic heterocycles. The van der Waals surface area contributed by atoms with E-state index in [0.717, 1.165) is 12.8 Å². The number of rotatable bonds is 1. The summed E-state index contributed by atoms with van der Waals surface area (Å²) in [6.45, 7) is 1.24. The minimum atomic E-state index is -0.399. The van der Waals surface area contributed by atoms with Crippen LogP contribution in [-0.4, -0.2) is 34.9 Å². The number of nitrogens with two attached hydrogens (primary N) is 1. The summed E-state index contributed by atoms with van der Waals surface area (Å²) in [4.78, 5) is 18.7. The van der Waals surface area contributed by atoms with Crippen LogP contribution in [0.2, 0.25) is 0 Å². The van der Waals surface area contributed by atoms with E-state index in [1.54, 1.807) is 23.4 Å². The molecule has 1 unspecified atom stereocenters. The van der Waals surface area contributed by atoms with E-state index in [1.807, 2.05) is 0 Å². The summed E-state index contributed by atoms with van der Waals surface area (Å²) in [5.74, 6) is -0.541. The molecule has 1 amide bonds. The normalized spacial score (nSPS) is 23.0. The number of halogens is 1. The first kappa shape index (κ1) is 13.6. The molecule has 4 rings (SSSR count). The summed E-state index contributed by atoms with van der Waals surface area (Å²) in [6, 6.07) is 4.49. The third-order valence-corrected chi connectivity index (χ3v) is 5.30. The number of amides is 1. The molecular formula is C17H18FN3O. The van der Waals surface area contributed by atoms with Crippen LogP contribution in [0.4, 0.5) is 4.39 Å². The van der Waals surface area contributed by atoms with E-state index in [-0.39, 0.29) is 17.4 Å². The smallest absolute Gasteiger partial charge is 0.254 e. The van der Waals surface area contributed by atoms with Crippen LogP contribution in [0.1, 0.15) is 29.6 Å². The lowest BCUT2D eigenvalue weighted by Crippen LogP contribution is -2.45. The van der Waals surface area contributed by atoms with Gasteiger partial charge in [0.25, 0.3) is 5.91 Å². The lowest BCUT2D eigenvalue weighted by Gasteiger charge is -2.41. The summed E-state index contributed by atoms with van der Waals surface area (Å²) in [7, 11) is 0. The van der Waals surface area contributed by atoms with Crippen LogP contribution in [0.3, 0.4) is 0 Å². The number of benzene rings is 1. The molecule has 1 aliphatic carbocycles. The molecular weight excluding hydrogens is 281 g/mol. The van der Waals surface area contributed by atoms with Gasteiger partial charge < -0.3 is 10.6 Å². The SMILES string of the molecule is NC1CN(C(=O)c2cc(F)cc3ccncc23)CC12CCC2. The first-order valence-electron chi connectivity index (χ1n) is 7.67. The van der Waals surface area contributed by atoms with E-state index in [0.29, 0.717) is 29.4 Å². The Morgan fingerprint density at radius 2 is 2.23 bits per heavy atom. The number of hydrogen-bond donors (Lipinski definition) is 1. The number of carbonyl (C=O) groups excluding carboxylic acids is 1. The lowest BCUT2D eigenvalue weighted by atomic mass is 9.66.